The quantitative estimate of drug-likeness (QED) is 0.368. The van der Waals surface area contributed by atoms with Crippen LogP contribution in [0.1, 0.15) is 48.4 Å². The van der Waals surface area contributed by atoms with E-state index in [4.69, 9.17) is 9.47 Å². The van der Waals surface area contributed by atoms with Crippen LogP contribution in [-0.2, 0) is 29.5 Å². The average Bonchev–Trinajstić information content (AvgIpc) is 3.00. The summed E-state index contributed by atoms with van der Waals surface area (Å²) in [4.78, 5) is 26.1. The summed E-state index contributed by atoms with van der Waals surface area (Å²) in [5.41, 5.74) is 1.33. The fraction of sp³-hybridized carbons (Fsp3) is 0.375. The number of sulfonamides is 2. The molecule has 2 saturated heterocycles. The van der Waals surface area contributed by atoms with Crippen molar-refractivity contribution in [3.8, 4) is 0 Å². The Balaban J connectivity index is 1.21. The lowest BCUT2D eigenvalue weighted by Gasteiger charge is -2.34. The van der Waals surface area contributed by atoms with Gasteiger partial charge in [0.05, 0.1) is 34.2 Å². The van der Waals surface area contributed by atoms with Gasteiger partial charge < -0.3 is 20.1 Å². The maximum atomic E-state index is 13.1. The van der Waals surface area contributed by atoms with Gasteiger partial charge in [-0.2, -0.15) is 8.61 Å². The van der Waals surface area contributed by atoms with Gasteiger partial charge in [0, 0.05) is 48.7 Å². The van der Waals surface area contributed by atoms with Gasteiger partial charge in [0.2, 0.25) is 20.0 Å². The van der Waals surface area contributed by atoms with Crippen molar-refractivity contribution < 1.29 is 35.9 Å². The first-order valence-corrected chi connectivity index (χ1v) is 17.8. The van der Waals surface area contributed by atoms with Gasteiger partial charge in [-0.25, -0.2) is 16.8 Å². The van der Waals surface area contributed by atoms with E-state index in [0.29, 0.717) is 11.4 Å². The lowest BCUT2D eigenvalue weighted by molar-refractivity contribution is -0.0442. The minimum absolute atomic E-state index is 0.0889. The second kappa shape index (κ2) is 13.6. The molecule has 4 atom stereocenters. The molecule has 0 saturated carbocycles. The molecule has 0 radical (unpaired) electrons. The van der Waals surface area contributed by atoms with Gasteiger partial charge in [-0.3, -0.25) is 9.59 Å². The van der Waals surface area contributed by atoms with Crippen LogP contribution in [-0.4, -0.2) is 87.9 Å². The summed E-state index contributed by atoms with van der Waals surface area (Å²) in [6.45, 7) is 8.31. The van der Waals surface area contributed by atoms with E-state index < -0.39 is 31.9 Å². The van der Waals surface area contributed by atoms with Crippen LogP contribution in [0.2, 0.25) is 0 Å². The number of benzene rings is 3. The molecule has 3 aromatic rings. The molecular weight excluding hydrogens is 633 g/mol. The molecule has 2 fully saturated rings. The molecule has 2 amide bonds. The predicted molar refractivity (Wildman–Crippen MR) is 173 cm³/mol. The third-order valence-corrected chi connectivity index (χ3v) is 11.4. The molecule has 2 aliphatic rings. The minimum Gasteiger partial charge on any atom is -0.373 e. The third-order valence-electron chi connectivity index (χ3n) is 7.66. The van der Waals surface area contributed by atoms with Crippen LogP contribution in [0.25, 0.3) is 0 Å². The van der Waals surface area contributed by atoms with Crippen molar-refractivity contribution in [3.63, 3.8) is 0 Å². The molecule has 14 heteroatoms. The van der Waals surface area contributed by atoms with Gasteiger partial charge in [-0.15, -0.1) is 0 Å². The van der Waals surface area contributed by atoms with Crippen molar-refractivity contribution in [3.05, 3.63) is 83.9 Å². The van der Waals surface area contributed by atoms with Crippen LogP contribution in [0.5, 0.6) is 0 Å². The highest BCUT2D eigenvalue weighted by Crippen LogP contribution is 2.24. The first-order valence-electron chi connectivity index (χ1n) is 15.0. The number of carbonyl (C=O) groups is 2. The number of amides is 2. The van der Waals surface area contributed by atoms with Crippen LogP contribution in [0, 0.1) is 0 Å². The highest BCUT2D eigenvalue weighted by Gasteiger charge is 2.33. The van der Waals surface area contributed by atoms with E-state index in [-0.39, 0.29) is 71.5 Å². The van der Waals surface area contributed by atoms with E-state index in [0.717, 1.165) is 0 Å². The van der Waals surface area contributed by atoms with Crippen LogP contribution in [0.15, 0.2) is 82.6 Å². The van der Waals surface area contributed by atoms with Crippen LogP contribution < -0.4 is 10.6 Å². The number of nitrogens with zero attached hydrogens (tertiary/aromatic N) is 2. The van der Waals surface area contributed by atoms with Crippen molar-refractivity contribution in [2.24, 2.45) is 0 Å². The maximum absolute atomic E-state index is 13.1. The zero-order valence-corrected chi connectivity index (χ0v) is 27.7. The molecule has 3 aromatic carbocycles. The van der Waals surface area contributed by atoms with E-state index in [1.165, 1.54) is 57.1 Å². The first-order chi connectivity index (χ1) is 21.7. The Morgan fingerprint density at radius 1 is 0.587 bits per heavy atom. The first kappa shape index (κ1) is 33.7. The fourth-order valence-corrected chi connectivity index (χ4v) is 8.77. The summed E-state index contributed by atoms with van der Waals surface area (Å²) in [6.07, 6.45) is -0.881. The van der Waals surface area contributed by atoms with E-state index in [2.05, 4.69) is 10.6 Å². The lowest BCUT2D eigenvalue weighted by Crippen LogP contribution is -2.48. The molecule has 246 valence electrons. The van der Waals surface area contributed by atoms with E-state index in [1.807, 2.05) is 27.7 Å². The van der Waals surface area contributed by atoms with Crippen molar-refractivity contribution in [1.29, 1.82) is 0 Å². The Hall–Kier alpha value is -3.66. The Bertz CT molecular complexity index is 1650. The molecule has 2 heterocycles. The second-order valence-electron chi connectivity index (χ2n) is 11.7. The monoisotopic (exact) mass is 670 g/mol. The molecular formula is C32H38N4O8S2. The molecule has 2 aliphatic heterocycles. The van der Waals surface area contributed by atoms with Crippen molar-refractivity contribution in [2.45, 2.75) is 61.9 Å². The summed E-state index contributed by atoms with van der Waals surface area (Å²) in [5.74, 6) is -0.913. The molecule has 2 N–H and O–H groups in total. The highest BCUT2D eigenvalue weighted by molar-refractivity contribution is 7.89. The number of hydrogen-bond acceptors (Lipinski definition) is 8. The zero-order valence-electron chi connectivity index (χ0n) is 26.0. The largest absolute Gasteiger partial charge is 0.373 e. The summed E-state index contributed by atoms with van der Waals surface area (Å²) in [6, 6.07) is 18.0. The van der Waals surface area contributed by atoms with Gasteiger partial charge in [0.25, 0.3) is 11.8 Å². The topological polar surface area (TPSA) is 151 Å². The second-order valence-corrected chi connectivity index (χ2v) is 15.6. The number of ether oxygens (including phenoxy) is 2. The third kappa shape index (κ3) is 7.65. The van der Waals surface area contributed by atoms with Gasteiger partial charge in [-0.1, -0.05) is 6.07 Å². The molecule has 5 rings (SSSR count). The van der Waals surface area contributed by atoms with E-state index in [9.17, 15) is 26.4 Å². The number of nitrogens with one attached hydrogen (secondary N) is 2. The number of rotatable bonds is 8. The standard InChI is InChI=1S/C32H38N4O8S2/c1-21-17-35(18-22(2)43-21)45(39,40)29-12-8-25(9-13-29)31(37)33-27-6-5-7-28(16-27)34-32(38)26-10-14-30(15-11-26)46(41,42)36-19-23(3)44-24(4)20-36/h5-16,21-24H,17-20H2,1-4H3,(H,33,37)(H,34,38)/t21-,22-,23+,24+. The SMILES string of the molecule is C[C@@H]1CN(S(=O)(=O)c2ccc(C(=O)Nc3cccc(NC(=O)c4ccc(S(=O)(=O)N5C[C@H](C)O[C@@H](C)C5)cc4)c3)cc2)C[C@@H](C)O1. The van der Waals surface area contributed by atoms with Crippen molar-refractivity contribution in [2.75, 3.05) is 36.8 Å². The predicted octanol–water partition coefficient (Wildman–Crippen LogP) is 3.79. The Kier molecular flexibility index (Phi) is 9.96. The lowest BCUT2D eigenvalue weighted by atomic mass is 10.2. The average molecular weight is 671 g/mol. The normalized spacial score (nSPS) is 23.0. The zero-order chi connectivity index (χ0) is 33.2. The molecule has 0 aromatic heterocycles. The van der Waals surface area contributed by atoms with Gasteiger partial charge in [0.1, 0.15) is 0 Å². The molecule has 0 spiro atoms. The maximum Gasteiger partial charge on any atom is 0.255 e. The van der Waals surface area contributed by atoms with Crippen LogP contribution in [0.4, 0.5) is 11.4 Å². The summed E-state index contributed by atoms with van der Waals surface area (Å²) >= 11 is 0. The summed E-state index contributed by atoms with van der Waals surface area (Å²) < 4.78 is 66.6. The Morgan fingerprint density at radius 3 is 1.24 bits per heavy atom. The molecule has 46 heavy (non-hydrogen) atoms. The molecule has 0 bridgehead atoms. The summed E-state index contributed by atoms with van der Waals surface area (Å²) in [5, 5.41) is 5.52. The molecule has 0 unspecified atom stereocenters. The van der Waals surface area contributed by atoms with E-state index >= 15 is 0 Å². The smallest absolute Gasteiger partial charge is 0.255 e. The van der Waals surface area contributed by atoms with Gasteiger partial charge >= 0.3 is 0 Å². The van der Waals surface area contributed by atoms with Crippen molar-refractivity contribution in [1.82, 2.24) is 8.61 Å². The van der Waals surface area contributed by atoms with Gasteiger partial charge in [0.15, 0.2) is 0 Å². The number of hydrogen-bond donors (Lipinski definition) is 2. The number of morpholine rings is 2. The molecule has 12 nitrogen and oxygen atoms in total. The number of carbonyl (C=O) groups excluding carboxylic acids is 2. The van der Waals surface area contributed by atoms with Gasteiger partial charge in [-0.05, 0) is 94.4 Å². The Morgan fingerprint density at radius 2 is 0.913 bits per heavy atom. The highest BCUT2D eigenvalue weighted by atomic mass is 32.2. The molecule has 0 aliphatic carbocycles. The van der Waals surface area contributed by atoms with E-state index in [1.54, 1.807) is 24.3 Å². The minimum atomic E-state index is -3.74. The van der Waals surface area contributed by atoms with Crippen LogP contribution in [0.3, 0.4) is 0 Å². The summed E-state index contributed by atoms with van der Waals surface area (Å²) in [7, 11) is -7.49. The van der Waals surface area contributed by atoms with Crippen LogP contribution >= 0.6 is 0 Å². The Labute approximate surface area is 269 Å². The number of anilines is 2. The fourth-order valence-electron chi connectivity index (χ4n) is 5.59. The van der Waals surface area contributed by atoms with Crippen molar-refractivity contribution >= 4 is 43.2 Å².